The molecule has 0 saturated carbocycles. The normalized spacial score (nSPS) is 10.2. The lowest BCUT2D eigenvalue weighted by atomic mass is 10.1. The molecule has 0 aliphatic heterocycles. The molecule has 0 atom stereocenters. The van der Waals surface area contributed by atoms with Crippen LogP contribution in [0.2, 0.25) is 0 Å². The number of aliphatic hydroxyl groups excluding tert-OH is 1. The molecule has 1 rings (SSSR count). The van der Waals surface area contributed by atoms with Crippen molar-refractivity contribution in [3.05, 3.63) is 35.1 Å². The van der Waals surface area contributed by atoms with Crippen molar-refractivity contribution in [2.45, 2.75) is 13.0 Å². The summed E-state index contributed by atoms with van der Waals surface area (Å²) in [4.78, 5) is 0. The molecule has 0 aliphatic carbocycles. The predicted octanol–water partition coefficient (Wildman–Crippen LogP) is 1.74. The van der Waals surface area contributed by atoms with Crippen LogP contribution in [0.4, 0.5) is 4.39 Å². The van der Waals surface area contributed by atoms with Gasteiger partial charge in [-0.3, -0.25) is 0 Å². The zero-order valence-corrected chi connectivity index (χ0v) is 12.2. The van der Waals surface area contributed by atoms with Crippen LogP contribution in [0.25, 0.3) is 0 Å². The lowest BCUT2D eigenvalue weighted by Gasteiger charge is -2.06. The fourth-order valence-electron chi connectivity index (χ4n) is 1.59. The number of hydrogen-bond donors (Lipinski definition) is 1. The second kappa shape index (κ2) is 11.2. The Labute approximate surface area is 124 Å². The summed E-state index contributed by atoms with van der Waals surface area (Å²) >= 11 is 0. The van der Waals surface area contributed by atoms with Gasteiger partial charge in [-0.2, -0.15) is 0 Å². The van der Waals surface area contributed by atoms with Crippen molar-refractivity contribution >= 4 is 0 Å². The fourth-order valence-corrected chi connectivity index (χ4v) is 1.59. The van der Waals surface area contributed by atoms with Crippen LogP contribution in [0.5, 0.6) is 0 Å². The van der Waals surface area contributed by atoms with Gasteiger partial charge < -0.3 is 19.3 Å². The van der Waals surface area contributed by atoms with Crippen LogP contribution >= 0.6 is 0 Å². The molecule has 0 aromatic heterocycles. The zero-order chi connectivity index (χ0) is 15.3. The fraction of sp³-hybridized carbons (Fsp3) is 0.500. The Morgan fingerprint density at radius 2 is 1.95 bits per heavy atom. The molecule has 0 bridgehead atoms. The summed E-state index contributed by atoms with van der Waals surface area (Å²) in [6.07, 6.45) is 0.794. The van der Waals surface area contributed by atoms with Gasteiger partial charge >= 0.3 is 0 Å². The highest BCUT2D eigenvalue weighted by Crippen LogP contribution is 2.10. The van der Waals surface area contributed by atoms with Crippen LogP contribution in [-0.2, 0) is 20.8 Å². The third kappa shape index (κ3) is 7.78. The average molecular weight is 296 g/mol. The molecule has 0 heterocycles. The molecule has 116 valence electrons. The highest BCUT2D eigenvalue weighted by Gasteiger charge is 2.01. The molecule has 1 aromatic carbocycles. The Hall–Kier alpha value is -1.45. The van der Waals surface area contributed by atoms with E-state index in [4.69, 9.17) is 19.3 Å². The van der Waals surface area contributed by atoms with Gasteiger partial charge in [-0.25, -0.2) is 4.39 Å². The molecule has 0 fully saturated rings. The molecular weight excluding hydrogens is 275 g/mol. The van der Waals surface area contributed by atoms with E-state index in [0.717, 1.165) is 12.0 Å². The van der Waals surface area contributed by atoms with Gasteiger partial charge in [0.15, 0.2) is 0 Å². The van der Waals surface area contributed by atoms with Gasteiger partial charge in [-0.05, 0) is 24.1 Å². The van der Waals surface area contributed by atoms with Gasteiger partial charge in [0.25, 0.3) is 0 Å². The Morgan fingerprint density at radius 1 is 1.14 bits per heavy atom. The minimum atomic E-state index is -0.397. The molecule has 0 radical (unpaired) electrons. The highest BCUT2D eigenvalue weighted by atomic mass is 19.1. The van der Waals surface area contributed by atoms with Crippen molar-refractivity contribution in [2.24, 2.45) is 0 Å². The summed E-state index contributed by atoms with van der Waals surface area (Å²) in [5, 5.41) is 8.63. The molecule has 1 N–H and O–H groups in total. The quantitative estimate of drug-likeness (QED) is 0.557. The highest BCUT2D eigenvalue weighted by molar-refractivity contribution is 5.38. The summed E-state index contributed by atoms with van der Waals surface area (Å²) in [6, 6.07) is 4.65. The number of rotatable bonds is 9. The molecular formula is C16H21FO4. The largest absolute Gasteiger partial charge is 0.384 e. The molecule has 0 amide bonds. The molecule has 0 aliphatic rings. The van der Waals surface area contributed by atoms with E-state index in [1.165, 1.54) is 6.07 Å². The van der Waals surface area contributed by atoms with E-state index < -0.39 is 5.82 Å². The molecule has 0 spiro atoms. The van der Waals surface area contributed by atoms with Gasteiger partial charge in [-0.1, -0.05) is 17.9 Å². The van der Waals surface area contributed by atoms with Crippen LogP contribution < -0.4 is 0 Å². The van der Waals surface area contributed by atoms with Crippen LogP contribution in [0.1, 0.15) is 17.5 Å². The lowest BCUT2D eigenvalue weighted by Crippen LogP contribution is -2.05. The van der Waals surface area contributed by atoms with Crippen molar-refractivity contribution < 1.29 is 23.7 Å². The molecule has 5 heteroatoms. The molecule has 21 heavy (non-hydrogen) atoms. The van der Waals surface area contributed by atoms with E-state index in [-0.39, 0.29) is 12.2 Å². The van der Waals surface area contributed by atoms with E-state index in [1.54, 1.807) is 19.2 Å². The van der Waals surface area contributed by atoms with Crippen molar-refractivity contribution in [2.75, 3.05) is 40.1 Å². The summed E-state index contributed by atoms with van der Waals surface area (Å²) < 4.78 is 29.1. The third-order valence-electron chi connectivity index (χ3n) is 2.61. The van der Waals surface area contributed by atoms with Crippen molar-refractivity contribution in [1.29, 1.82) is 0 Å². The summed E-state index contributed by atoms with van der Waals surface area (Å²) in [7, 11) is 1.63. The van der Waals surface area contributed by atoms with Crippen LogP contribution in [0.15, 0.2) is 18.2 Å². The van der Waals surface area contributed by atoms with E-state index in [9.17, 15) is 4.39 Å². The number of hydrogen-bond acceptors (Lipinski definition) is 4. The van der Waals surface area contributed by atoms with Gasteiger partial charge in [0.05, 0.1) is 25.4 Å². The van der Waals surface area contributed by atoms with Crippen molar-refractivity contribution in [3.63, 3.8) is 0 Å². The number of ether oxygens (including phenoxy) is 3. The summed E-state index contributed by atoms with van der Waals surface area (Å²) in [6.45, 7) is 2.48. The third-order valence-corrected chi connectivity index (χ3v) is 2.61. The second-order valence-corrected chi connectivity index (χ2v) is 4.29. The van der Waals surface area contributed by atoms with E-state index >= 15 is 0 Å². The first kappa shape index (κ1) is 17.6. The first-order chi connectivity index (χ1) is 10.3. The summed E-state index contributed by atoms with van der Waals surface area (Å²) in [5.74, 6) is 4.61. The Kier molecular flexibility index (Phi) is 9.42. The van der Waals surface area contributed by atoms with Crippen molar-refractivity contribution in [1.82, 2.24) is 0 Å². The maximum Gasteiger partial charge on any atom is 0.138 e. The maximum atomic E-state index is 13.4. The van der Waals surface area contributed by atoms with E-state index in [1.807, 2.05) is 0 Å². The van der Waals surface area contributed by atoms with Crippen molar-refractivity contribution in [3.8, 4) is 11.8 Å². The Morgan fingerprint density at radius 3 is 2.71 bits per heavy atom. The van der Waals surface area contributed by atoms with Gasteiger partial charge in [0.2, 0.25) is 0 Å². The Balaban J connectivity index is 2.26. The topological polar surface area (TPSA) is 47.9 Å². The van der Waals surface area contributed by atoms with Gasteiger partial charge in [0, 0.05) is 20.3 Å². The summed E-state index contributed by atoms with van der Waals surface area (Å²) in [5.41, 5.74) is 1.12. The number of methoxy groups -OCH3 is 1. The predicted molar refractivity (Wildman–Crippen MR) is 77.3 cm³/mol. The van der Waals surface area contributed by atoms with Gasteiger partial charge in [-0.15, -0.1) is 0 Å². The van der Waals surface area contributed by atoms with Crippen LogP contribution in [0, 0.1) is 17.7 Å². The molecule has 1 aromatic rings. The molecule has 4 nitrogen and oxygen atoms in total. The average Bonchev–Trinajstić information content (AvgIpc) is 2.50. The van der Waals surface area contributed by atoms with Gasteiger partial charge in [0.1, 0.15) is 12.4 Å². The van der Waals surface area contributed by atoms with E-state index in [2.05, 4.69) is 11.8 Å². The van der Waals surface area contributed by atoms with E-state index in [0.29, 0.717) is 33.0 Å². The SMILES string of the molecule is COCCOCCCOCc1ccc(F)c(C#CCO)c1. The molecule has 0 saturated heterocycles. The van der Waals surface area contributed by atoms with Crippen LogP contribution in [-0.4, -0.2) is 45.3 Å². The second-order valence-electron chi connectivity index (χ2n) is 4.29. The number of benzene rings is 1. The smallest absolute Gasteiger partial charge is 0.138 e. The number of aliphatic hydroxyl groups is 1. The first-order valence-electron chi connectivity index (χ1n) is 6.80. The van der Waals surface area contributed by atoms with Crippen LogP contribution in [0.3, 0.4) is 0 Å². The standard InChI is InChI=1S/C16H21FO4/c1-19-10-11-20-8-3-9-21-13-14-5-6-16(17)15(12-14)4-2-7-18/h5-6,12,18H,3,7-11,13H2,1H3. The number of halogens is 1. The monoisotopic (exact) mass is 296 g/mol. The minimum absolute atomic E-state index is 0.271. The minimum Gasteiger partial charge on any atom is -0.384 e. The maximum absolute atomic E-state index is 13.4. The molecule has 0 unspecified atom stereocenters. The lowest BCUT2D eigenvalue weighted by molar-refractivity contribution is 0.0483. The first-order valence-corrected chi connectivity index (χ1v) is 6.80. The Bertz CT molecular complexity index is 465. The zero-order valence-electron chi connectivity index (χ0n) is 12.2.